The summed E-state index contributed by atoms with van der Waals surface area (Å²) in [6.45, 7) is 8.25. The van der Waals surface area contributed by atoms with E-state index in [1.807, 2.05) is 70.2 Å². The quantitative estimate of drug-likeness (QED) is 0.309. The number of pyridine rings is 1. The predicted octanol–water partition coefficient (Wildman–Crippen LogP) is 7.21. The van der Waals surface area contributed by atoms with Gasteiger partial charge in [-0.2, -0.15) is 0 Å². The minimum Gasteiger partial charge on any atom is -0.493 e. The standard InChI is InChI=1S/C27H25ClN2O3/c1-5-32-26-18(4)27-22(23(15-33-27)19-6-8-20(28)9-7-19)14-21(26)17(3)13-25(31)30-24-12-16(2)10-11-29-24/h6-15H,5H2,1-4H3,(H,29,30,31)/b17-13+. The Morgan fingerprint density at radius 3 is 2.64 bits per heavy atom. The van der Waals surface area contributed by atoms with Gasteiger partial charge in [-0.3, -0.25) is 4.79 Å². The molecule has 0 fully saturated rings. The zero-order chi connectivity index (χ0) is 23.5. The zero-order valence-electron chi connectivity index (χ0n) is 19.0. The Kier molecular flexibility index (Phi) is 6.52. The van der Waals surface area contributed by atoms with Crippen molar-refractivity contribution in [2.45, 2.75) is 27.7 Å². The van der Waals surface area contributed by atoms with Crippen LogP contribution in [0, 0.1) is 13.8 Å². The molecule has 2 aromatic heterocycles. The maximum absolute atomic E-state index is 12.7. The molecule has 4 aromatic rings. The van der Waals surface area contributed by atoms with Crippen LogP contribution >= 0.6 is 11.6 Å². The molecule has 0 saturated heterocycles. The monoisotopic (exact) mass is 460 g/mol. The molecule has 0 atom stereocenters. The number of hydrogen-bond acceptors (Lipinski definition) is 4. The summed E-state index contributed by atoms with van der Waals surface area (Å²) in [6, 6.07) is 13.4. The highest BCUT2D eigenvalue weighted by molar-refractivity contribution is 6.30. The molecule has 0 aliphatic heterocycles. The molecular weight excluding hydrogens is 436 g/mol. The Balaban J connectivity index is 1.78. The first kappa shape index (κ1) is 22.6. The van der Waals surface area contributed by atoms with Crippen LogP contribution in [0.15, 0.2) is 65.4 Å². The van der Waals surface area contributed by atoms with Crippen LogP contribution in [0.2, 0.25) is 5.02 Å². The van der Waals surface area contributed by atoms with E-state index in [1.165, 1.54) is 0 Å². The van der Waals surface area contributed by atoms with Gasteiger partial charge in [-0.15, -0.1) is 0 Å². The van der Waals surface area contributed by atoms with Crippen LogP contribution in [-0.2, 0) is 4.79 Å². The fourth-order valence-corrected chi connectivity index (χ4v) is 3.96. The highest BCUT2D eigenvalue weighted by atomic mass is 35.5. The number of rotatable bonds is 6. The van der Waals surface area contributed by atoms with E-state index in [4.69, 9.17) is 20.8 Å². The van der Waals surface area contributed by atoms with Crippen molar-refractivity contribution in [3.63, 3.8) is 0 Å². The van der Waals surface area contributed by atoms with Crippen LogP contribution in [0.1, 0.15) is 30.5 Å². The number of fused-ring (bicyclic) bond motifs is 1. The lowest BCUT2D eigenvalue weighted by atomic mass is 9.96. The topological polar surface area (TPSA) is 64.4 Å². The third-order valence-corrected chi connectivity index (χ3v) is 5.68. The van der Waals surface area contributed by atoms with Crippen molar-refractivity contribution in [3.8, 4) is 16.9 Å². The first-order valence-electron chi connectivity index (χ1n) is 10.7. The number of benzene rings is 2. The molecule has 168 valence electrons. The highest BCUT2D eigenvalue weighted by Crippen LogP contribution is 2.41. The molecule has 0 radical (unpaired) electrons. The zero-order valence-corrected chi connectivity index (χ0v) is 19.8. The summed E-state index contributed by atoms with van der Waals surface area (Å²) in [5, 5.41) is 4.45. The average molecular weight is 461 g/mol. The van der Waals surface area contributed by atoms with Gasteiger partial charge in [0, 0.05) is 39.4 Å². The number of amides is 1. The van der Waals surface area contributed by atoms with Crippen LogP contribution < -0.4 is 10.1 Å². The second-order valence-electron chi connectivity index (χ2n) is 7.88. The van der Waals surface area contributed by atoms with Gasteiger partial charge in [0.25, 0.3) is 0 Å². The second-order valence-corrected chi connectivity index (χ2v) is 8.32. The molecular formula is C27H25ClN2O3. The molecule has 4 rings (SSSR count). The smallest absolute Gasteiger partial charge is 0.249 e. The lowest BCUT2D eigenvalue weighted by Crippen LogP contribution is -2.10. The van der Waals surface area contributed by atoms with Crippen molar-refractivity contribution in [2.24, 2.45) is 0 Å². The van der Waals surface area contributed by atoms with Gasteiger partial charge in [0.2, 0.25) is 5.91 Å². The van der Waals surface area contributed by atoms with Crippen molar-refractivity contribution >= 4 is 39.9 Å². The summed E-state index contributed by atoms with van der Waals surface area (Å²) in [7, 11) is 0. The number of carbonyl (C=O) groups is 1. The van der Waals surface area contributed by atoms with Crippen molar-refractivity contribution in [3.05, 3.63) is 82.7 Å². The first-order chi connectivity index (χ1) is 15.9. The summed E-state index contributed by atoms with van der Waals surface area (Å²) in [5.41, 5.74) is 6.23. The summed E-state index contributed by atoms with van der Waals surface area (Å²) < 4.78 is 11.9. The Morgan fingerprint density at radius 1 is 1.18 bits per heavy atom. The number of allylic oxidation sites excluding steroid dienone is 1. The van der Waals surface area contributed by atoms with E-state index in [1.54, 1.807) is 18.5 Å². The molecule has 6 heteroatoms. The molecule has 0 unspecified atom stereocenters. The van der Waals surface area contributed by atoms with Crippen LogP contribution in [0.25, 0.3) is 27.7 Å². The third-order valence-electron chi connectivity index (χ3n) is 5.43. The number of nitrogens with one attached hydrogen (secondary N) is 1. The number of nitrogens with zero attached hydrogens (tertiary/aromatic N) is 1. The van der Waals surface area contributed by atoms with Gasteiger partial charge in [0.15, 0.2) is 0 Å². The summed E-state index contributed by atoms with van der Waals surface area (Å²) in [4.78, 5) is 16.9. The van der Waals surface area contributed by atoms with Gasteiger partial charge in [0.1, 0.15) is 17.2 Å². The Hall–Kier alpha value is -3.57. The van der Waals surface area contributed by atoms with Gasteiger partial charge in [0.05, 0.1) is 12.9 Å². The van der Waals surface area contributed by atoms with Gasteiger partial charge < -0.3 is 14.5 Å². The van der Waals surface area contributed by atoms with Crippen LogP contribution in [0.5, 0.6) is 5.75 Å². The fourth-order valence-electron chi connectivity index (χ4n) is 3.83. The van der Waals surface area contributed by atoms with E-state index >= 15 is 0 Å². The van der Waals surface area contributed by atoms with E-state index in [-0.39, 0.29) is 5.91 Å². The molecule has 2 aromatic carbocycles. The molecule has 1 amide bonds. The SMILES string of the molecule is CCOc1c(/C(C)=C/C(=O)Nc2cc(C)ccn2)cc2c(-c3ccc(Cl)cc3)coc2c1C. The number of carbonyl (C=O) groups excluding carboxylic acids is 1. The molecule has 2 heterocycles. The summed E-state index contributed by atoms with van der Waals surface area (Å²) in [5.74, 6) is 0.966. The Morgan fingerprint density at radius 2 is 1.94 bits per heavy atom. The maximum atomic E-state index is 12.7. The molecule has 0 saturated carbocycles. The minimum absolute atomic E-state index is 0.254. The molecule has 5 nitrogen and oxygen atoms in total. The van der Waals surface area contributed by atoms with Gasteiger partial charge in [-0.25, -0.2) is 4.98 Å². The minimum atomic E-state index is -0.254. The Labute approximate surface area is 198 Å². The number of furan rings is 1. The average Bonchev–Trinajstić information content (AvgIpc) is 3.20. The number of aryl methyl sites for hydroxylation is 2. The number of hydrogen-bond donors (Lipinski definition) is 1. The third kappa shape index (κ3) is 4.78. The first-order valence-corrected chi connectivity index (χ1v) is 11.1. The normalized spacial score (nSPS) is 11.6. The molecule has 33 heavy (non-hydrogen) atoms. The van der Waals surface area contributed by atoms with Crippen LogP contribution in [-0.4, -0.2) is 17.5 Å². The van der Waals surface area contributed by atoms with E-state index in [0.717, 1.165) is 44.4 Å². The van der Waals surface area contributed by atoms with Gasteiger partial charge in [-0.1, -0.05) is 23.7 Å². The lowest BCUT2D eigenvalue weighted by Gasteiger charge is -2.15. The van der Waals surface area contributed by atoms with Crippen molar-refractivity contribution < 1.29 is 13.9 Å². The molecule has 0 aliphatic rings. The number of halogens is 1. The maximum Gasteiger partial charge on any atom is 0.249 e. The van der Waals surface area contributed by atoms with Crippen molar-refractivity contribution in [1.29, 1.82) is 0 Å². The molecule has 0 spiro atoms. The molecule has 0 aliphatic carbocycles. The largest absolute Gasteiger partial charge is 0.493 e. The van der Waals surface area contributed by atoms with Gasteiger partial charge >= 0.3 is 0 Å². The summed E-state index contributed by atoms with van der Waals surface area (Å²) >= 11 is 6.06. The van der Waals surface area contributed by atoms with Crippen LogP contribution in [0.4, 0.5) is 5.82 Å². The molecule has 0 bridgehead atoms. The highest BCUT2D eigenvalue weighted by Gasteiger charge is 2.19. The second kappa shape index (κ2) is 9.51. The van der Waals surface area contributed by atoms with E-state index in [2.05, 4.69) is 10.3 Å². The molecule has 1 N–H and O–H groups in total. The summed E-state index contributed by atoms with van der Waals surface area (Å²) in [6.07, 6.45) is 4.98. The van der Waals surface area contributed by atoms with E-state index in [9.17, 15) is 4.79 Å². The number of aromatic nitrogens is 1. The fraction of sp³-hybridized carbons (Fsp3) is 0.185. The van der Waals surface area contributed by atoms with Crippen LogP contribution in [0.3, 0.4) is 0 Å². The predicted molar refractivity (Wildman–Crippen MR) is 134 cm³/mol. The number of ether oxygens (including phenoxy) is 1. The van der Waals surface area contributed by atoms with Gasteiger partial charge in [-0.05, 0) is 74.7 Å². The van der Waals surface area contributed by atoms with Crippen molar-refractivity contribution in [2.75, 3.05) is 11.9 Å². The van der Waals surface area contributed by atoms with E-state index < -0.39 is 0 Å². The lowest BCUT2D eigenvalue weighted by molar-refractivity contribution is -0.111. The van der Waals surface area contributed by atoms with Crippen molar-refractivity contribution in [1.82, 2.24) is 4.98 Å². The number of anilines is 1. The Bertz CT molecular complexity index is 1350. The van der Waals surface area contributed by atoms with E-state index in [0.29, 0.717) is 23.2 Å².